The van der Waals surface area contributed by atoms with Crippen molar-refractivity contribution in [2.75, 3.05) is 13.7 Å². The highest BCUT2D eigenvalue weighted by Gasteiger charge is 2.31. The van der Waals surface area contributed by atoms with Crippen molar-refractivity contribution in [2.45, 2.75) is 38.8 Å². The van der Waals surface area contributed by atoms with Gasteiger partial charge in [-0.25, -0.2) is 0 Å². The van der Waals surface area contributed by atoms with Crippen LogP contribution in [0.3, 0.4) is 0 Å². The van der Waals surface area contributed by atoms with Gasteiger partial charge in [0, 0.05) is 6.61 Å². The third kappa shape index (κ3) is 5.02. The van der Waals surface area contributed by atoms with Gasteiger partial charge in [-0.2, -0.15) is 0 Å². The van der Waals surface area contributed by atoms with Crippen LogP contribution in [0, 0.1) is 0 Å². The van der Waals surface area contributed by atoms with Crippen LogP contribution in [0.25, 0.3) is 0 Å². The minimum absolute atomic E-state index is 0.105. The Balaban J connectivity index is 2.95. The minimum Gasteiger partial charge on any atom is -0.406 e. The molecule has 0 amide bonds. The second-order valence-electron chi connectivity index (χ2n) is 4.29. The molecule has 1 rings (SSSR count). The Bertz CT molecular complexity index is 410. The Morgan fingerprint density at radius 2 is 1.95 bits per heavy atom. The number of benzene rings is 1. The van der Waals surface area contributed by atoms with Gasteiger partial charge in [0.1, 0.15) is 5.75 Å². The van der Waals surface area contributed by atoms with Crippen molar-refractivity contribution in [3.05, 3.63) is 29.8 Å². The lowest BCUT2D eigenvalue weighted by atomic mass is 9.99. The first-order valence-corrected chi connectivity index (χ1v) is 6.55. The fraction of sp³-hybridized carbons (Fsp3) is 0.571. The third-order valence-electron chi connectivity index (χ3n) is 2.92. The second kappa shape index (κ2) is 7.50. The molecule has 1 aromatic rings. The summed E-state index contributed by atoms with van der Waals surface area (Å²) < 4.78 is 46.3. The Kier molecular flexibility index (Phi) is 6.29. The Morgan fingerprint density at radius 1 is 1.25 bits per heavy atom. The van der Waals surface area contributed by atoms with Gasteiger partial charge >= 0.3 is 6.36 Å². The van der Waals surface area contributed by atoms with Gasteiger partial charge in [-0.05, 0) is 38.1 Å². The van der Waals surface area contributed by atoms with Crippen molar-refractivity contribution in [3.63, 3.8) is 0 Å². The fourth-order valence-electron chi connectivity index (χ4n) is 2.14. The highest BCUT2D eigenvalue weighted by atomic mass is 19.4. The van der Waals surface area contributed by atoms with Crippen LogP contribution in [0.15, 0.2) is 24.3 Å². The van der Waals surface area contributed by atoms with Crippen LogP contribution in [-0.4, -0.2) is 26.1 Å². The number of hydrogen-bond donors (Lipinski definition) is 1. The average molecular weight is 291 g/mol. The third-order valence-corrected chi connectivity index (χ3v) is 2.92. The second-order valence-corrected chi connectivity index (χ2v) is 4.29. The van der Waals surface area contributed by atoms with Crippen molar-refractivity contribution in [1.29, 1.82) is 0 Å². The molecule has 0 bridgehead atoms. The van der Waals surface area contributed by atoms with Crippen molar-refractivity contribution >= 4 is 0 Å². The molecule has 0 fully saturated rings. The summed E-state index contributed by atoms with van der Waals surface area (Å²) in [7, 11) is 1.75. The van der Waals surface area contributed by atoms with Gasteiger partial charge in [-0.15, -0.1) is 13.2 Å². The summed E-state index contributed by atoms with van der Waals surface area (Å²) in [6.45, 7) is 4.41. The molecule has 0 heterocycles. The quantitative estimate of drug-likeness (QED) is 0.831. The summed E-state index contributed by atoms with van der Waals surface area (Å²) in [5.74, 6) is -0.221. The number of hydrogen-bond acceptors (Lipinski definition) is 3. The molecule has 0 aliphatic carbocycles. The van der Waals surface area contributed by atoms with Crippen molar-refractivity contribution in [3.8, 4) is 5.75 Å². The van der Waals surface area contributed by atoms with Gasteiger partial charge in [0.2, 0.25) is 0 Å². The predicted octanol–water partition coefficient (Wildman–Crippen LogP) is 3.66. The largest absolute Gasteiger partial charge is 0.573 e. The lowest BCUT2D eigenvalue weighted by molar-refractivity contribution is -0.274. The fourth-order valence-corrected chi connectivity index (χ4v) is 2.14. The number of rotatable bonds is 7. The summed E-state index contributed by atoms with van der Waals surface area (Å²) >= 11 is 0. The highest BCUT2D eigenvalue weighted by molar-refractivity contribution is 5.31. The van der Waals surface area contributed by atoms with E-state index in [4.69, 9.17) is 4.74 Å². The van der Waals surface area contributed by atoms with E-state index < -0.39 is 6.36 Å². The maximum absolute atomic E-state index is 12.2. The molecule has 2 unspecified atom stereocenters. The predicted molar refractivity (Wildman–Crippen MR) is 70.6 cm³/mol. The number of likely N-dealkylation sites (N-methyl/N-ethyl adjacent to an activating group) is 1. The van der Waals surface area contributed by atoms with Crippen molar-refractivity contribution in [2.24, 2.45) is 0 Å². The molecule has 114 valence electrons. The molecule has 2 atom stereocenters. The standard InChI is InChI=1S/C14H20F3NO2/c1-4-12(19-5-2)13(18-3)10-7-6-8-11(9-10)20-14(15,16)17/h6-9,12-13,18H,4-5H2,1-3H3. The lowest BCUT2D eigenvalue weighted by Gasteiger charge is -2.26. The van der Waals surface area contributed by atoms with E-state index in [1.807, 2.05) is 13.8 Å². The molecule has 6 heteroatoms. The molecule has 0 saturated heterocycles. The monoisotopic (exact) mass is 291 g/mol. The van der Waals surface area contributed by atoms with Gasteiger partial charge in [0.25, 0.3) is 0 Å². The summed E-state index contributed by atoms with van der Waals surface area (Å²) in [6, 6.07) is 5.78. The molecule has 20 heavy (non-hydrogen) atoms. The number of nitrogens with one attached hydrogen (secondary N) is 1. The van der Waals surface area contributed by atoms with E-state index in [0.29, 0.717) is 12.2 Å². The molecule has 0 aliphatic rings. The molecule has 3 nitrogen and oxygen atoms in total. The van der Waals surface area contributed by atoms with Crippen molar-refractivity contribution in [1.82, 2.24) is 5.32 Å². The maximum Gasteiger partial charge on any atom is 0.573 e. The molecule has 0 aliphatic heterocycles. The van der Waals surface area contributed by atoms with Crippen LogP contribution in [0.5, 0.6) is 5.75 Å². The van der Waals surface area contributed by atoms with E-state index in [9.17, 15) is 13.2 Å². The van der Waals surface area contributed by atoms with Crippen LogP contribution in [-0.2, 0) is 4.74 Å². The number of halogens is 3. The van der Waals surface area contributed by atoms with E-state index in [2.05, 4.69) is 10.1 Å². The summed E-state index contributed by atoms with van der Waals surface area (Å²) in [5.41, 5.74) is 0.703. The molecule has 0 saturated carbocycles. The SMILES string of the molecule is CCOC(CC)C(NC)c1cccc(OC(F)(F)F)c1. The smallest absolute Gasteiger partial charge is 0.406 e. The van der Waals surface area contributed by atoms with E-state index >= 15 is 0 Å². The topological polar surface area (TPSA) is 30.5 Å². The summed E-state index contributed by atoms with van der Waals surface area (Å²) in [4.78, 5) is 0. The van der Waals surface area contributed by atoms with Gasteiger partial charge in [-0.3, -0.25) is 0 Å². The Labute approximate surface area is 117 Å². The average Bonchev–Trinajstić information content (AvgIpc) is 2.37. The first kappa shape index (κ1) is 16.8. The normalized spacial score (nSPS) is 14.9. The van der Waals surface area contributed by atoms with Crippen LogP contribution >= 0.6 is 0 Å². The van der Waals surface area contributed by atoms with Crippen LogP contribution in [0.2, 0.25) is 0 Å². The van der Waals surface area contributed by atoms with E-state index in [0.717, 1.165) is 6.42 Å². The number of alkyl halides is 3. The van der Waals surface area contributed by atoms with Gasteiger partial charge in [0.05, 0.1) is 12.1 Å². The van der Waals surface area contributed by atoms with Crippen LogP contribution < -0.4 is 10.1 Å². The summed E-state index contributed by atoms with van der Waals surface area (Å²) in [5, 5.41) is 3.08. The molecule has 0 spiro atoms. The first-order chi connectivity index (χ1) is 9.41. The van der Waals surface area contributed by atoms with E-state index in [-0.39, 0.29) is 17.9 Å². The Hall–Kier alpha value is -1.27. The molecule has 1 aromatic carbocycles. The van der Waals surface area contributed by atoms with Gasteiger partial charge in [-0.1, -0.05) is 19.1 Å². The van der Waals surface area contributed by atoms with Crippen molar-refractivity contribution < 1.29 is 22.6 Å². The Morgan fingerprint density at radius 3 is 2.45 bits per heavy atom. The zero-order valence-corrected chi connectivity index (χ0v) is 11.8. The zero-order valence-electron chi connectivity index (χ0n) is 11.8. The van der Waals surface area contributed by atoms with E-state index in [1.54, 1.807) is 19.2 Å². The maximum atomic E-state index is 12.2. The van der Waals surface area contributed by atoms with Crippen LogP contribution in [0.1, 0.15) is 31.9 Å². The first-order valence-electron chi connectivity index (χ1n) is 6.55. The highest BCUT2D eigenvalue weighted by Crippen LogP contribution is 2.28. The molecule has 0 aromatic heterocycles. The minimum atomic E-state index is -4.68. The molecule has 0 radical (unpaired) electrons. The lowest BCUT2D eigenvalue weighted by Crippen LogP contribution is -2.31. The molecular weight excluding hydrogens is 271 g/mol. The number of ether oxygens (including phenoxy) is 2. The summed E-state index contributed by atoms with van der Waals surface area (Å²) in [6.07, 6.45) is -4.03. The van der Waals surface area contributed by atoms with Gasteiger partial charge < -0.3 is 14.8 Å². The van der Waals surface area contributed by atoms with E-state index in [1.165, 1.54) is 12.1 Å². The molecular formula is C14H20F3NO2. The van der Waals surface area contributed by atoms with Crippen LogP contribution in [0.4, 0.5) is 13.2 Å². The zero-order chi connectivity index (χ0) is 15.2. The molecule has 1 N–H and O–H groups in total. The van der Waals surface area contributed by atoms with Gasteiger partial charge in [0.15, 0.2) is 0 Å².